The Balaban J connectivity index is 2.61. The van der Waals surface area contributed by atoms with Gasteiger partial charge in [-0.2, -0.15) is 0 Å². The van der Waals surface area contributed by atoms with Crippen molar-refractivity contribution in [2.24, 2.45) is 0 Å². The van der Waals surface area contributed by atoms with Crippen LogP contribution in [0.4, 0.5) is 0 Å². The van der Waals surface area contributed by atoms with Gasteiger partial charge in [0.05, 0.1) is 12.5 Å². The van der Waals surface area contributed by atoms with E-state index in [1.165, 1.54) is 10.4 Å². The molecule has 0 radical (unpaired) electrons. The second-order valence-electron chi connectivity index (χ2n) is 7.83. The topological polar surface area (TPSA) is 46.5 Å². The van der Waals surface area contributed by atoms with Crippen LogP contribution in [0.5, 0.6) is 0 Å². The minimum absolute atomic E-state index is 0.0428. The van der Waals surface area contributed by atoms with Crippen LogP contribution in [-0.4, -0.2) is 29.9 Å². The van der Waals surface area contributed by atoms with Crippen molar-refractivity contribution < 1.29 is 14.3 Å². The molecule has 0 amide bonds. The molecule has 1 atom stereocenters. The average molecular weight is 496 g/mol. The lowest BCUT2D eigenvalue weighted by atomic mass is 10.1. The van der Waals surface area contributed by atoms with Gasteiger partial charge in [-0.05, 0) is 32.7 Å². The maximum absolute atomic E-state index is 11.5. The molecule has 1 N–H and O–H groups in total. The van der Waals surface area contributed by atoms with E-state index in [1.54, 1.807) is 0 Å². The molecule has 5 heteroatoms. The van der Waals surface area contributed by atoms with Gasteiger partial charge in [0.25, 0.3) is 8.32 Å². The number of alkyl halides is 1. The van der Waals surface area contributed by atoms with E-state index in [9.17, 15) is 9.90 Å². The Morgan fingerprint density at radius 3 is 1.89 bits per heavy atom. The number of carboxylic acid groups (broad SMARTS) is 1. The van der Waals surface area contributed by atoms with Gasteiger partial charge in [0.2, 0.25) is 0 Å². The smallest absolute Gasteiger partial charge is 0.305 e. The molecule has 0 aromatic heterocycles. The highest BCUT2D eigenvalue weighted by molar-refractivity contribution is 14.1. The number of halogens is 1. The van der Waals surface area contributed by atoms with Crippen molar-refractivity contribution in [3.63, 3.8) is 0 Å². The molecular weight excluding hydrogens is 467 g/mol. The Morgan fingerprint density at radius 2 is 1.52 bits per heavy atom. The van der Waals surface area contributed by atoms with E-state index < -0.39 is 14.3 Å². The van der Waals surface area contributed by atoms with Crippen LogP contribution in [0.25, 0.3) is 0 Å². The Morgan fingerprint density at radius 1 is 1.04 bits per heavy atom. The fraction of sp³-hybridized carbons (Fsp3) is 0.409. The zero-order valence-electron chi connectivity index (χ0n) is 16.3. The van der Waals surface area contributed by atoms with Gasteiger partial charge in [0.15, 0.2) is 0 Å². The molecule has 0 aliphatic heterocycles. The van der Waals surface area contributed by atoms with Crippen molar-refractivity contribution in [1.29, 1.82) is 0 Å². The number of carbonyl (C=O) groups is 1. The Kier molecular flexibility index (Phi) is 8.06. The molecule has 0 bridgehead atoms. The first-order valence-corrected chi connectivity index (χ1v) is 12.8. The lowest BCUT2D eigenvalue weighted by Crippen LogP contribution is -2.67. The molecule has 2 aromatic rings. The summed E-state index contributed by atoms with van der Waals surface area (Å²) in [4.78, 5) is 11.5. The molecule has 0 saturated carbocycles. The quantitative estimate of drug-likeness (QED) is 0.313. The minimum Gasteiger partial charge on any atom is -0.481 e. The number of benzene rings is 2. The van der Waals surface area contributed by atoms with Gasteiger partial charge in [0.1, 0.15) is 0 Å². The number of carboxylic acids is 1. The number of aliphatic carboxylic acids is 1. The molecule has 3 nitrogen and oxygen atoms in total. The molecule has 27 heavy (non-hydrogen) atoms. The van der Waals surface area contributed by atoms with E-state index in [-0.39, 0.29) is 17.6 Å². The zero-order valence-corrected chi connectivity index (χ0v) is 19.5. The normalized spacial score (nSPS) is 13.3. The van der Waals surface area contributed by atoms with Crippen LogP contribution < -0.4 is 10.4 Å². The Bertz CT molecular complexity index is 674. The largest absolute Gasteiger partial charge is 0.481 e. The highest BCUT2D eigenvalue weighted by Crippen LogP contribution is 2.38. The van der Waals surface area contributed by atoms with Crippen molar-refractivity contribution in [3.05, 3.63) is 60.7 Å². The summed E-state index contributed by atoms with van der Waals surface area (Å²) >= 11 is 2.34. The number of rotatable bonds is 9. The second-order valence-corrected chi connectivity index (χ2v) is 13.2. The SMILES string of the molecule is CC(C)(C)[Si](O[C@@H](CCCI)CC(=O)O)(c1ccccc1)c1ccccc1. The first-order valence-electron chi connectivity index (χ1n) is 9.38. The third kappa shape index (κ3) is 5.42. The average Bonchev–Trinajstić information content (AvgIpc) is 2.64. The summed E-state index contributed by atoms with van der Waals surface area (Å²) in [5, 5.41) is 11.7. The summed E-state index contributed by atoms with van der Waals surface area (Å²) in [5.74, 6) is -0.800. The van der Waals surface area contributed by atoms with Crippen LogP contribution in [-0.2, 0) is 9.22 Å². The minimum atomic E-state index is -2.70. The van der Waals surface area contributed by atoms with Crippen molar-refractivity contribution in [2.45, 2.75) is 51.2 Å². The van der Waals surface area contributed by atoms with Crippen molar-refractivity contribution in [3.8, 4) is 0 Å². The second kappa shape index (κ2) is 9.84. The van der Waals surface area contributed by atoms with E-state index in [0.717, 1.165) is 17.3 Å². The molecular formula is C22H29IO3Si. The summed E-state index contributed by atoms with van der Waals surface area (Å²) < 4.78 is 7.94. The van der Waals surface area contributed by atoms with Crippen molar-refractivity contribution >= 4 is 47.3 Å². The predicted molar refractivity (Wildman–Crippen MR) is 123 cm³/mol. The fourth-order valence-electron chi connectivity index (χ4n) is 3.64. The van der Waals surface area contributed by atoms with Crippen LogP contribution >= 0.6 is 22.6 Å². The van der Waals surface area contributed by atoms with Gasteiger partial charge < -0.3 is 9.53 Å². The van der Waals surface area contributed by atoms with Gasteiger partial charge in [-0.15, -0.1) is 0 Å². The first kappa shape index (κ1) is 22.1. The molecule has 2 aromatic carbocycles. The molecule has 0 fully saturated rings. The Labute approximate surface area is 177 Å². The zero-order chi connectivity index (χ0) is 19.9. The van der Waals surface area contributed by atoms with E-state index in [4.69, 9.17) is 4.43 Å². The van der Waals surface area contributed by atoms with E-state index in [2.05, 4.69) is 67.6 Å². The van der Waals surface area contributed by atoms with Crippen molar-refractivity contribution in [1.82, 2.24) is 0 Å². The van der Waals surface area contributed by atoms with Gasteiger partial charge in [-0.3, -0.25) is 4.79 Å². The summed E-state index contributed by atoms with van der Waals surface area (Å²) in [7, 11) is -2.70. The summed E-state index contributed by atoms with van der Waals surface area (Å²) in [6.07, 6.45) is 1.47. The van der Waals surface area contributed by atoms with Crippen LogP contribution in [0.1, 0.15) is 40.0 Å². The maximum Gasteiger partial charge on any atom is 0.305 e. The number of hydrogen-bond acceptors (Lipinski definition) is 2. The highest BCUT2D eigenvalue weighted by atomic mass is 127. The van der Waals surface area contributed by atoms with Crippen LogP contribution in [0, 0.1) is 0 Å². The molecule has 0 unspecified atom stereocenters. The highest BCUT2D eigenvalue weighted by Gasteiger charge is 2.51. The fourth-order valence-corrected chi connectivity index (χ4v) is 8.80. The van der Waals surface area contributed by atoms with Gasteiger partial charge in [-0.1, -0.05) is 104 Å². The molecule has 146 valence electrons. The molecule has 0 aliphatic rings. The molecule has 0 heterocycles. The number of hydrogen-bond donors (Lipinski definition) is 1. The Hall–Kier alpha value is -1.18. The van der Waals surface area contributed by atoms with E-state index in [1.807, 2.05) is 36.4 Å². The summed E-state index contributed by atoms with van der Waals surface area (Å²) in [5.41, 5.74) is 0. The van der Waals surface area contributed by atoms with Crippen molar-refractivity contribution in [2.75, 3.05) is 4.43 Å². The summed E-state index contributed by atoms with van der Waals surface area (Å²) in [6.45, 7) is 6.65. The molecule has 0 saturated heterocycles. The molecule has 0 aliphatic carbocycles. The predicted octanol–water partition coefficient (Wildman–Crippen LogP) is 4.62. The monoisotopic (exact) mass is 496 g/mol. The molecule has 0 spiro atoms. The van der Waals surface area contributed by atoms with Crippen LogP contribution in [0.3, 0.4) is 0 Å². The van der Waals surface area contributed by atoms with E-state index >= 15 is 0 Å². The lowest BCUT2D eigenvalue weighted by molar-refractivity contribution is -0.139. The van der Waals surface area contributed by atoms with Gasteiger partial charge in [0, 0.05) is 0 Å². The molecule has 2 rings (SSSR count). The van der Waals surface area contributed by atoms with Gasteiger partial charge in [-0.25, -0.2) is 0 Å². The van der Waals surface area contributed by atoms with E-state index in [0.29, 0.717) is 0 Å². The van der Waals surface area contributed by atoms with Crippen LogP contribution in [0.2, 0.25) is 5.04 Å². The maximum atomic E-state index is 11.5. The standard InChI is InChI=1S/C22H29IO3Si/c1-22(2,3)27(19-12-6-4-7-13-19,20-14-8-5-9-15-20)26-18(11-10-16-23)17-21(24)25/h4-9,12-15,18H,10-11,16-17H2,1-3H3,(H,24,25)/t18-/m0/s1. The third-order valence-corrected chi connectivity index (χ3v) is 10.7. The third-order valence-electron chi connectivity index (χ3n) is 4.82. The first-order chi connectivity index (χ1) is 12.8. The van der Waals surface area contributed by atoms with Crippen LogP contribution in [0.15, 0.2) is 60.7 Å². The lowest BCUT2D eigenvalue weighted by Gasteiger charge is -2.45. The van der Waals surface area contributed by atoms with Gasteiger partial charge >= 0.3 is 5.97 Å². The summed E-state index contributed by atoms with van der Waals surface area (Å²) in [6, 6.07) is 20.8.